The molecule has 1 saturated heterocycles. The van der Waals surface area contributed by atoms with Crippen LogP contribution in [-0.2, 0) is 16.1 Å². The molecule has 1 aromatic carbocycles. The van der Waals surface area contributed by atoms with Gasteiger partial charge < -0.3 is 15.4 Å². The zero-order valence-corrected chi connectivity index (χ0v) is 12.6. The number of benzene rings is 1. The number of hydrogen-bond donors (Lipinski definition) is 1. The average molecular weight is 327 g/mol. The van der Waals surface area contributed by atoms with E-state index in [9.17, 15) is 4.79 Å². The van der Waals surface area contributed by atoms with Crippen LogP contribution < -0.4 is 5.73 Å². The van der Waals surface area contributed by atoms with Gasteiger partial charge >= 0.3 is 0 Å². The van der Waals surface area contributed by atoms with Crippen LogP contribution in [0.3, 0.4) is 0 Å². The lowest BCUT2D eigenvalue weighted by atomic mass is 9.89. The van der Waals surface area contributed by atoms with Gasteiger partial charge in [0.05, 0.1) is 5.54 Å². The van der Waals surface area contributed by atoms with E-state index in [0.717, 1.165) is 10.0 Å². The Bertz CT molecular complexity index is 459. The van der Waals surface area contributed by atoms with Gasteiger partial charge in [0, 0.05) is 31.3 Å². The molecule has 0 bridgehead atoms. The lowest BCUT2D eigenvalue weighted by molar-refractivity contribution is -0.139. The first-order valence-electron chi connectivity index (χ1n) is 6.38. The van der Waals surface area contributed by atoms with Gasteiger partial charge in [-0.05, 0) is 30.5 Å². The molecule has 0 aromatic heterocycles. The number of nitrogens with two attached hydrogens (primary N) is 1. The summed E-state index contributed by atoms with van der Waals surface area (Å²) in [5.74, 6) is -0.00391. The van der Waals surface area contributed by atoms with Gasteiger partial charge in [-0.2, -0.15) is 0 Å². The molecule has 1 aliphatic heterocycles. The van der Waals surface area contributed by atoms with Crippen LogP contribution in [0, 0.1) is 0 Å². The van der Waals surface area contributed by atoms with Gasteiger partial charge in [-0.1, -0.05) is 28.1 Å². The highest BCUT2D eigenvalue weighted by atomic mass is 79.9. The molecule has 5 heteroatoms. The Morgan fingerprint density at radius 3 is 2.79 bits per heavy atom. The monoisotopic (exact) mass is 326 g/mol. The second-order valence-corrected chi connectivity index (χ2v) is 5.98. The Morgan fingerprint density at radius 1 is 1.47 bits per heavy atom. The second kappa shape index (κ2) is 6.03. The topological polar surface area (TPSA) is 55.6 Å². The second-order valence-electron chi connectivity index (χ2n) is 5.06. The van der Waals surface area contributed by atoms with E-state index in [0.29, 0.717) is 32.6 Å². The Labute approximate surface area is 122 Å². The van der Waals surface area contributed by atoms with Crippen LogP contribution in [0.1, 0.15) is 18.4 Å². The maximum absolute atomic E-state index is 12.4. The zero-order valence-electron chi connectivity index (χ0n) is 11.1. The van der Waals surface area contributed by atoms with Crippen molar-refractivity contribution >= 4 is 21.8 Å². The third kappa shape index (κ3) is 3.55. The van der Waals surface area contributed by atoms with Crippen molar-refractivity contribution in [1.29, 1.82) is 0 Å². The summed E-state index contributed by atoms with van der Waals surface area (Å²) in [5, 5.41) is 0. The molecule has 1 aromatic rings. The van der Waals surface area contributed by atoms with Crippen LogP contribution in [0.5, 0.6) is 0 Å². The highest BCUT2D eigenvalue weighted by molar-refractivity contribution is 9.10. The molecule has 0 aliphatic carbocycles. The highest BCUT2D eigenvalue weighted by Gasteiger charge is 2.37. The van der Waals surface area contributed by atoms with Crippen LogP contribution in [0.15, 0.2) is 28.7 Å². The smallest absolute Gasteiger partial charge is 0.242 e. The Balaban J connectivity index is 2.03. The fourth-order valence-electron chi connectivity index (χ4n) is 2.31. The number of nitrogens with zero attached hydrogens (tertiary/aromatic N) is 1. The quantitative estimate of drug-likeness (QED) is 0.923. The number of carbonyl (C=O) groups is 1. The van der Waals surface area contributed by atoms with Crippen molar-refractivity contribution in [2.75, 3.05) is 20.3 Å². The van der Waals surface area contributed by atoms with Crippen molar-refractivity contribution in [2.24, 2.45) is 5.73 Å². The van der Waals surface area contributed by atoms with E-state index in [1.54, 1.807) is 11.9 Å². The number of hydrogen-bond acceptors (Lipinski definition) is 3. The molecular formula is C14H19BrN2O2. The third-order valence-corrected chi connectivity index (χ3v) is 3.96. The maximum Gasteiger partial charge on any atom is 0.242 e. The van der Waals surface area contributed by atoms with Crippen molar-refractivity contribution in [3.05, 3.63) is 34.3 Å². The van der Waals surface area contributed by atoms with Crippen molar-refractivity contribution in [3.8, 4) is 0 Å². The summed E-state index contributed by atoms with van der Waals surface area (Å²) in [6.07, 6.45) is 1.18. The van der Waals surface area contributed by atoms with Gasteiger partial charge in [-0.25, -0.2) is 0 Å². The van der Waals surface area contributed by atoms with Gasteiger partial charge in [0.1, 0.15) is 0 Å². The molecule has 1 fully saturated rings. The molecule has 0 atom stereocenters. The number of halogens is 1. The Kier molecular flexibility index (Phi) is 4.60. The molecular weight excluding hydrogens is 308 g/mol. The molecule has 1 amide bonds. The first-order chi connectivity index (χ1) is 9.01. The predicted molar refractivity (Wildman–Crippen MR) is 77.6 cm³/mol. The SMILES string of the molecule is CN(Cc1cccc(Br)c1)C(=O)C1(N)CCOCC1. The van der Waals surface area contributed by atoms with Gasteiger partial charge in [0.15, 0.2) is 0 Å². The summed E-state index contributed by atoms with van der Waals surface area (Å²) in [4.78, 5) is 14.1. The molecule has 2 rings (SSSR count). The number of likely N-dealkylation sites (N-methyl/N-ethyl adjacent to an activating group) is 1. The van der Waals surface area contributed by atoms with Crippen LogP contribution in [0.2, 0.25) is 0 Å². The van der Waals surface area contributed by atoms with E-state index in [4.69, 9.17) is 10.5 Å². The lowest BCUT2D eigenvalue weighted by Crippen LogP contribution is -2.57. The normalized spacial score (nSPS) is 18.1. The number of amides is 1. The highest BCUT2D eigenvalue weighted by Crippen LogP contribution is 2.21. The molecule has 1 heterocycles. The summed E-state index contributed by atoms with van der Waals surface area (Å²) >= 11 is 3.43. The van der Waals surface area contributed by atoms with Crippen LogP contribution in [0.25, 0.3) is 0 Å². The first kappa shape index (κ1) is 14.5. The maximum atomic E-state index is 12.4. The number of carbonyl (C=O) groups excluding carboxylic acids is 1. The fourth-order valence-corrected chi connectivity index (χ4v) is 2.76. The average Bonchev–Trinajstić information content (AvgIpc) is 2.38. The summed E-state index contributed by atoms with van der Waals surface area (Å²) in [6, 6.07) is 7.94. The van der Waals surface area contributed by atoms with E-state index in [1.165, 1.54) is 0 Å². The third-order valence-electron chi connectivity index (χ3n) is 3.47. The Morgan fingerprint density at radius 2 is 2.16 bits per heavy atom. The summed E-state index contributed by atoms with van der Waals surface area (Å²) < 4.78 is 6.29. The molecule has 0 saturated carbocycles. The largest absolute Gasteiger partial charge is 0.381 e. The molecule has 4 nitrogen and oxygen atoms in total. The van der Waals surface area contributed by atoms with E-state index < -0.39 is 5.54 Å². The lowest BCUT2D eigenvalue weighted by Gasteiger charge is -2.35. The van der Waals surface area contributed by atoms with Crippen molar-refractivity contribution in [2.45, 2.75) is 24.9 Å². The Hall–Kier alpha value is -0.910. The zero-order chi connectivity index (χ0) is 13.9. The molecule has 0 unspecified atom stereocenters. The summed E-state index contributed by atoms with van der Waals surface area (Å²) in [5.41, 5.74) is 6.53. The van der Waals surface area contributed by atoms with E-state index >= 15 is 0 Å². The van der Waals surface area contributed by atoms with Crippen LogP contribution in [-0.4, -0.2) is 36.6 Å². The fraction of sp³-hybridized carbons (Fsp3) is 0.500. The van der Waals surface area contributed by atoms with Crippen LogP contribution in [0.4, 0.5) is 0 Å². The van der Waals surface area contributed by atoms with Crippen molar-refractivity contribution in [1.82, 2.24) is 4.90 Å². The molecule has 2 N–H and O–H groups in total. The number of rotatable bonds is 3. The van der Waals surface area contributed by atoms with E-state index in [1.807, 2.05) is 24.3 Å². The van der Waals surface area contributed by atoms with Gasteiger partial charge in [0.2, 0.25) is 5.91 Å². The molecule has 0 spiro atoms. The number of ether oxygens (including phenoxy) is 1. The summed E-state index contributed by atoms with van der Waals surface area (Å²) in [7, 11) is 1.80. The minimum Gasteiger partial charge on any atom is -0.381 e. The van der Waals surface area contributed by atoms with Crippen molar-refractivity contribution < 1.29 is 9.53 Å². The minimum absolute atomic E-state index is 0.00391. The molecule has 1 aliphatic rings. The van der Waals surface area contributed by atoms with Gasteiger partial charge in [-0.3, -0.25) is 4.79 Å². The standard InChI is InChI=1S/C14H19BrN2O2/c1-17(10-11-3-2-4-12(15)9-11)13(18)14(16)5-7-19-8-6-14/h2-4,9H,5-8,10,16H2,1H3. The van der Waals surface area contributed by atoms with Crippen LogP contribution >= 0.6 is 15.9 Å². The summed E-state index contributed by atoms with van der Waals surface area (Å²) in [6.45, 7) is 1.69. The van der Waals surface area contributed by atoms with E-state index in [2.05, 4.69) is 15.9 Å². The molecule has 0 radical (unpaired) electrons. The molecule has 104 valence electrons. The first-order valence-corrected chi connectivity index (χ1v) is 7.17. The van der Waals surface area contributed by atoms with Crippen molar-refractivity contribution in [3.63, 3.8) is 0 Å². The van der Waals surface area contributed by atoms with E-state index in [-0.39, 0.29) is 5.91 Å². The predicted octanol–water partition coefficient (Wildman–Crippen LogP) is 1.92. The molecule has 19 heavy (non-hydrogen) atoms. The minimum atomic E-state index is -0.765. The van der Waals surface area contributed by atoms with Gasteiger partial charge in [0.25, 0.3) is 0 Å². The van der Waals surface area contributed by atoms with Gasteiger partial charge in [-0.15, -0.1) is 0 Å².